The summed E-state index contributed by atoms with van der Waals surface area (Å²) in [5.74, 6) is 1.22. The summed E-state index contributed by atoms with van der Waals surface area (Å²) in [4.78, 5) is 8.74. The molecule has 1 aliphatic carbocycles. The topological polar surface area (TPSA) is 81.1 Å². The molecule has 0 fully saturated rings. The normalized spacial score (nSPS) is 15.2. The molecule has 1 aromatic carbocycles. The maximum atomic E-state index is 6.10. The molecule has 0 unspecified atom stereocenters. The Morgan fingerprint density at radius 2 is 2.08 bits per heavy atom. The van der Waals surface area contributed by atoms with E-state index >= 15 is 0 Å². The van der Waals surface area contributed by atoms with Crippen molar-refractivity contribution in [2.24, 2.45) is 10.7 Å². The molecular weight excluding hydrogens is 300 g/mol. The van der Waals surface area contributed by atoms with Crippen molar-refractivity contribution in [2.45, 2.75) is 58.5 Å². The summed E-state index contributed by atoms with van der Waals surface area (Å²) >= 11 is 0. The first-order valence-electron chi connectivity index (χ1n) is 8.52. The van der Waals surface area contributed by atoms with Crippen LogP contribution in [0.5, 0.6) is 0 Å². The molecule has 6 heteroatoms. The predicted octanol–water partition coefficient (Wildman–Crippen LogP) is 2.84. The first-order valence-corrected chi connectivity index (χ1v) is 8.52. The summed E-state index contributed by atoms with van der Waals surface area (Å²) < 4.78 is 1.88. The van der Waals surface area contributed by atoms with Crippen molar-refractivity contribution < 1.29 is 0 Å². The lowest BCUT2D eigenvalue weighted by Crippen LogP contribution is -2.27. The van der Waals surface area contributed by atoms with Gasteiger partial charge in [-0.25, -0.2) is 14.7 Å². The molecule has 0 bridgehead atoms. The van der Waals surface area contributed by atoms with E-state index in [0.29, 0.717) is 12.5 Å². The number of fused-ring (bicyclic) bond motifs is 1. The van der Waals surface area contributed by atoms with Crippen LogP contribution in [0.25, 0.3) is 0 Å². The van der Waals surface area contributed by atoms with Gasteiger partial charge in [0.2, 0.25) is 0 Å². The minimum Gasteiger partial charge on any atom is -0.370 e. The van der Waals surface area contributed by atoms with Gasteiger partial charge in [-0.3, -0.25) is 0 Å². The number of nitrogens with two attached hydrogens (primary N) is 1. The molecule has 0 radical (unpaired) electrons. The number of aryl methyl sites for hydroxylation is 1. The first-order chi connectivity index (χ1) is 11.4. The lowest BCUT2D eigenvalue weighted by atomic mass is 9.90. The average molecular weight is 326 g/mol. The Hall–Kier alpha value is -2.37. The van der Waals surface area contributed by atoms with Gasteiger partial charge in [-0.1, -0.05) is 12.1 Å². The van der Waals surface area contributed by atoms with Crippen LogP contribution < -0.4 is 11.1 Å². The van der Waals surface area contributed by atoms with E-state index in [2.05, 4.69) is 59.4 Å². The molecule has 0 atom stereocenters. The number of nitrogens with zero attached hydrogens (tertiary/aromatic N) is 4. The third kappa shape index (κ3) is 3.58. The molecule has 2 aromatic rings. The fourth-order valence-electron chi connectivity index (χ4n) is 3.17. The first kappa shape index (κ1) is 16.5. The maximum Gasteiger partial charge on any atom is 0.193 e. The van der Waals surface area contributed by atoms with Gasteiger partial charge >= 0.3 is 0 Å². The molecule has 0 aliphatic heterocycles. The van der Waals surface area contributed by atoms with Crippen molar-refractivity contribution in [1.82, 2.24) is 14.8 Å². The zero-order valence-corrected chi connectivity index (χ0v) is 14.7. The van der Waals surface area contributed by atoms with Gasteiger partial charge in [0, 0.05) is 5.69 Å². The Balaban J connectivity index is 1.73. The molecule has 24 heavy (non-hydrogen) atoms. The number of rotatable bonds is 3. The second-order valence-corrected chi connectivity index (χ2v) is 7.24. The number of hydrogen-bond donors (Lipinski definition) is 2. The van der Waals surface area contributed by atoms with Gasteiger partial charge in [-0.15, -0.1) is 0 Å². The van der Waals surface area contributed by atoms with Crippen LogP contribution in [-0.2, 0) is 24.9 Å². The van der Waals surface area contributed by atoms with Gasteiger partial charge in [-0.05, 0) is 63.6 Å². The van der Waals surface area contributed by atoms with E-state index in [1.165, 1.54) is 24.0 Å². The predicted molar refractivity (Wildman–Crippen MR) is 97.1 cm³/mol. The third-order valence-corrected chi connectivity index (χ3v) is 4.30. The Kier molecular flexibility index (Phi) is 4.55. The quantitative estimate of drug-likeness (QED) is 0.671. The summed E-state index contributed by atoms with van der Waals surface area (Å²) in [6.45, 7) is 6.68. The van der Waals surface area contributed by atoms with Gasteiger partial charge in [0.15, 0.2) is 5.96 Å². The monoisotopic (exact) mass is 326 g/mol. The molecule has 128 valence electrons. The number of nitrogens with one attached hydrogen (secondary N) is 1. The van der Waals surface area contributed by atoms with E-state index in [4.69, 9.17) is 5.73 Å². The van der Waals surface area contributed by atoms with E-state index in [9.17, 15) is 0 Å². The fraction of sp³-hybridized carbons (Fsp3) is 0.500. The number of hydrogen-bond acceptors (Lipinski definition) is 3. The average Bonchev–Trinajstić information content (AvgIpc) is 3.02. The van der Waals surface area contributed by atoms with E-state index in [1.54, 1.807) is 6.33 Å². The highest BCUT2D eigenvalue weighted by atomic mass is 15.4. The zero-order chi connectivity index (χ0) is 17.2. The molecular formula is C18H26N6. The van der Waals surface area contributed by atoms with Gasteiger partial charge in [0.1, 0.15) is 18.7 Å². The Morgan fingerprint density at radius 3 is 2.88 bits per heavy atom. The number of benzene rings is 1. The van der Waals surface area contributed by atoms with Crippen molar-refractivity contribution in [3.8, 4) is 0 Å². The number of aliphatic imine (C=N–C) groups is 1. The zero-order valence-electron chi connectivity index (χ0n) is 14.7. The molecule has 3 rings (SSSR count). The molecule has 0 saturated heterocycles. The molecule has 0 amide bonds. The van der Waals surface area contributed by atoms with Crippen LogP contribution in [0.15, 0.2) is 29.5 Å². The smallest absolute Gasteiger partial charge is 0.193 e. The van der Waals surface area contributed by atoms with Crippen LogP contribution in [0.3, 0.4) is 0 Å². The highest BCUT2D eigenvalue weighted by molar-refractivity contribution is 5.93. The van der Waals surface area contributed by atoms with Crippen LogP contribution in [0.1, 0.15) is 50.6 Å². The summed E-state index contributed by atoms with van der Waals surface area (Å²) in [6, 6.07) is 6.36. The highest BCUT2D eigenvalue weighted by Crippen LogP contribution is 2.27. The van der Waals surface area contributed by atoms with Gasteiger partial charge in [-0.2, -0.15) is 5.10 Å². The number of anilines is 1. The van der Waals surface area contributed by atoms with Crippen LogP contribution in [0, 0.1) is 0 Å². The second-order valence-electron chi connectivity index (χ2n) is 7.24. The van der Waals surface area contributed by atoms with E-state index in [0.717, 1.165) is 24.4 Å². The van der Waals surface area contributed by atoms with Crippen molar-refractivity contribution in [1.29, 1.82) is 0 Å². The van der Waals surface area contributed by atoms with Crippen LogP contribution in [0.2, 0.25) is 0 Å². The van der Waals surface area contributed by atoms with Gasteiger partial charge in [0.05, 0.1) is 5.54 Å². The van der Waals surface area contributed by atoms with Crippen LogP contribution in [0.4, 0.5) is 5.69 Å². The summed E-state index contributed by atoms with van der Waals surface area (Å²) in [5, 5.41) is 7.54. The molecule has 0 saturated carbocycles. The van der Waals surface area contributed by atoms with Crippen molar-refractivity contribution >= 4 is 11.6 Å². The Bertz CT molecular complexity index is 738. The Morgan fingerprint density at radius 1 is 1.29 bits per heavy atom. The minimum atomic E-state index is -0.123. The third-order valence-electron chi connectivity index (χ3n) is 4.30. The minimum absolute atomic E-state index is 0.123. The number of aromatic nitrogens is 3. The largest absolute Gasteiger partial charge is 0.370 e. The molecule has 6 nitrogen and oxygen atoms in total. The second kappa shape index (κ2) is 6.63. The standard InChI is InChI=1S/C18H26N6/c1-18(2,3)24-16(21-12-22-24)11-20-17(19)23-15-10-6-8-13-7-4-5-9-14(13)15/h6,8,10,12H,4-5,7,9,11H2,1-3H3,(H3,19,20,23). The van der Waals surface area contributed by atoms with Gasteiger partial charge in [0.25, 0.3) is 0 Å². The lowest BCUT2D eigenvalue weighted by molar-refractivity contribution is 0.342. The Labute approximate surface area is 143 Å². The number of guanidine groups is 1. The lowest BCUT2D eigenvalue weighted by Gasteiger charge is -2.21. The maximum absolute atomic E-state index is 6.10. The molecule has 1 aromatic heterocycles. The van der Waals surface area contributed by atoms with Crippen molar-refractivity contribution in [3.05, 3.63) is 41.5 Å². The van der Waals surface area contributed by atoms with Crippen LogP contribution >= 0.6 is 0 Å². The van der Waals surface area contributed by atoms with Crippen molar-refractivity contribution in [3.63, 3.8) is 0 Å². The van der Waals surface area contributed by atoms with E-state index < -0.39 is 0 Å². The highest BCUT2D eigenvalue weighted by Gasteiger charge is 2.18. The van der Waals surface area contributed by atoms with E-state index in [1.807, 2.05) is 4.68 Å². The van der Waals surface area contributed by atoms with Gasteiger partial charge < -0.3 is 11.1 Å². The SMILES string of the molecule is CC(C)(C)n1ncnc1CN=C(N)Nc1cccc2c1CCCC2. The van der Waals surface area contributed by atoms with Crippen molar-refractivity contribution in [2.75, 3.05) is 5.32 Å². The summed E-state index contributed by atoms with van der Waals surface area (Å²) in [5.41, 5.74) is 9.85. The fourth-order valence-corrected chi connectivity index (χ4v) is 3.17. The molecule has 1 heterocycles. The summed E-state index contributed by atoms with van der Waals surface area (Å²) in [7, 11) is 0. The molecule has 3 N–H and O–H groups in total. The van der Waals surface area contributed by atoms with E-state index in [-0.39, 0.29) is 5.54 Å². The summed E-state index contributed by atoms with van der Waals surface area (Å²) in [6.07, 6.45) is 6.31. The molecule has 1 aliphatic rings. The van der Waals surface area contributed by atoms with Crippen LogP contribution in [-0.4, -0.2) is 20.7 Å². The molecule has 0 spiro atoms.